The van der Waals surface area contributed by atoms with Gasteiger partial charge in [-0.15, -0.1) is 4.43 Å². The molecule has 0 aliphatic rings. The van der Waals surface area contributed by atoms with Crippen molar-refractivity contribution in [2.24, 2.45) is 5.73 Å². The fourth-order valence-electron chi connectivity index (χ4n) is 2.66. The molecule has 2 unspecified atom stereocenters. The van der Waals surface area contributed by atoms with Crippen molar-refractivity contribution in [3.63, 3.8) is 0 Å². The second-order valence-corrected chi connectivity index (χ2v) is 9.13. The van der Waals surface area contributed by atoms with E-state index in [-0.39, 0.29) is 9.99 Å². The number of amides is 1. The van der Waals surface area contributed by atoms with Crippen molar-refractivity contribution in [2.75, 3.05) is 32.7 Å². The number of carbonyl (C=O) groups excluding carboxylic acids is 1. The minimum absolute atomic E-state index is 0.121. The average molecular weight is 446 g/mol. The zero-order valence-electron chi connectivity index (χ0n) is 15.9. The number of carboxylic acids is 2. The van der Waals surface area contributed by atoms with Gasteiger partial charge in [0.2, 0.25) is 0 Å². The molecule has 1 amide bonds. The van der Waals surface area contributed by atoms with E-state index in [9.17, 15) is 27.9 Å². The number of benzene rings is 1. The van der Waals surface area contributed by atoms with Gasteiger partial charge in [0, 0.05) is 20.0 Å². The maximum atomic E-state index is 15.2. The molecular formula is C16H20AlFN2O8S. The predicted molar refractivity (Wildman–Crippen MR) is 101 cm³/mol. The molecule has 0 saturated heterocycles. The highest BCUT2D eigenvalue weighted by atomic mass is 32.2. The Morgan fingerprint density at radius 3 is 2.28 bits per heavy atom. The van der Waals surface area contributed by atoms with Crippen LogP contribution in [-0.2, 0) is 19.4 Å². The number of carbonyl (C=O) groups is 3. The number of halogens is 1. The molecule has 1 aromatic rings. The van der Waals surface area contributed by atoms with Crippen LogP contribution in [0.2, 0.25) is 0 Å². The third-order valence-electron chi connectivity index (χ3n) is 4.00. The maximum absolute atomic E-state index is 15.2. The molecule has 1 rings (SSSR count). The first kappa shape index (κ1) is 24.8. The van der Waals surface area contributed by atoms with Crippen molar-refractivity contribution >= 4 is 48.4 Å². The summed E-state index contributed by atoms with van der Waals surface area (Å²) in [6, 6.07) is -0.777. The van der Waals surface area contributed by atoms with Gasteiger partial charge in [0.25, 0.3) is 5.91 Å². The monoisotopic (exact) mass is 446 g/mol. The molecule has 0 aliphatic heterocycles. The van der Waals surface area contributed by atoms with E-state index in [1.165, 1.54) is 19.0 Å². The fourth-order valence-corrected chi connectivity index (χ4v) is 4.52. The largest absolute Gasteiger partial charge is 0.493 e. The second-order valence-electron chi connectivity index (χ2n) is 6.40. The Morgan fingerprint density at radius 1 is 1.31 bits per heavy atom. The van der Waals surface area contributed by atoms with E-state index < -0.39 is 68.3 Å². The standard InChI is InChI=1S/C16H20FN2O8S.Al/c1-19(2)15(22)9-5-4-8(12(17)14(9)27-3)10(13(18)16(23)24)6-28(25,26)7-11(20)21;/h4,10,13H,6-7,18H2,1-3H3,(H,20,21)(H,23,24);. The summed E-state index contributed by atoms with van der Waals surface area (Å²) in [4.78, 5) is 35.7. The number of carboxylic acid groups (broad SMARTS) is 2. The molecule has 0 heterocycles. The SMILES string of the molecule is COc1c(F)c(C(CS(=O)(=O)CC(=O)O)C(N)C(=O)O)c[c]([Al])c1C(=O)N(C)C. The van der Waals surface area contributed by atoms with Gasteiger partial charge >= 0.3 is 11.9 Å². The predicted octanol–water partition coefficient (Wildman–Crippen LogP) is -1.68. The van der Waals surface area contributed by atoms with Crippen LogP contribution in [0.25, 0.3) is 0 Å². The van der Waals surface area contributed by atoms with Crippen molar-refractivity contribution < 1.29 is 42.1 Å². The van der Waals surface area contributed by atoms with Gasteiger partial charge in [0.15, 0.2) is 37.7 Å². The highest BCUT2D eigenvalue weighted by molar-refractivity contribution is 7.92. The first-order chi connectivity index (χ1) is 13.2. The molecule has 1 aromatic carbocycles. The number of hydrogen-bond acceptors (Lipinski definition) is 7. The smallest absolute Gasteiger partial charge is 0.321 e. The number of methoxy groups -OCH3 is 1. The van der Waals surface area contributed by atoms with Crippen LogP contribution in [0.3, 0.4) is 0 Å². The molecule has 10 nitrogen and oxygen atoms in total. The summed E-state index contributed by atoms with van der Waals surface area (Å²) >= 11 is 2.17. The Bertz CT molecular complexity index is 935. The van der Waals surface area contributed by atoms with Crippen molar-refractivity contribution in [3.05, 3.63) is 23.0 Å². The minimum Gasteiger partial charge on any atom is -0.493 e. The molecule has 0 aromatic heterocycles. The van der Waals surface area contributed by atoms with Gasteiger partial charge in [-0.25, -0.2) is 12.8 Å². The third kappa shape index (κ3) is 5.89. The van der Waals surface area contributed by atoms with Gasteiger partial charge < -0.3 is 25.6 Å². The molecule has 2 radical (unpaired) electrons. The van der Waals surface area contributed by atoms with Gasteiger partial charge in [0.05, 0.1) is 18.4 Å². The number of nitrogens with zero attached hydrogens (tertiary/aromatic N) is 1. The van der Waals surface area contributed by atoms with E-state index in [0.29, 0.717) is 0 Å². The van der Waals surface area contributed by atoms with Crippen LogP contribution in [-0.4, -0.2) is 96.4 Å². The van der Waals surface area contributed by atoms with Crippen LogP contribution >= 0.6 is 0 Å². The van der Waals surface area contributed by atoms with Crippen LogP contribution in [0.4, 0.5) is 4.39 Å². The van der Waals surface area contributed by atoms with Gasteiger partial charge in [-0.2, -0.15) is 0 Å². The zero-order valence-corrected chi connectivity index (χ0v) is 17.8. The highest BCUT2D eigenvalue weighted by Gasteiger charge is 2.35. The molecule has 0 spiro atoms. The minimum atomic E-state index is -4.33. The lowest BCUT2D eigenvalue weighted by molar-refractivity contribution is -0.139. The quantitative estimate of drug-likeness (QED) is 0.376. The summed E-state index contributed by atoms with van der Waals surface area (Å²) in [6.07, 6.45) is 0. The zero-order chi connectivity index (χ0) is 22.7. The highest BCUT2D eigenvalue weighted by Crippen LogP contribution is 2.32. The number of nitrogens with two attached hydrogens (primary N) is 1. The van der Waals surface area contributed by atoms with Gasteiger partial charge in [-0.1, -0.05) is 6.07 Å². The summed E-state index contributed by atoms with van der Waals surface area (Å²) in [6.45, 7) is 0. The fraction of sp³-hybridized carbons (Fsp3) is 0.438. The van der Waals surface area contributed by atoms with E-state index in [0.717, 1.165) is 13.2 Å². The van der Waals surface area contributed by atoms with Crippen LogP contribution in [0.1, 0.15) is 21.8 Å². The average Bonchev–Trinajstić information content (AvgIpc) is 2.58. The van der Waals surface area contributed by atoms with E-state index in [1.54, 1.807) is 0 Å². The first-order valence-corrected chi connectivity index (χ1v) is 10.4. The number of rotatable bonds is 9. The molecule has 29 heavy (non-hydrogen) atoms. The molecule has 4 N–H and O–H groups in total. The Morgan fingerprint density at radius 2 is 1.86 bits per heavy atom. The molecule has 0 bridgehead atoms. The Hall–Kier alpha value is -2.20. The summed E-state index contributed by atoms with van der Waals surface area (Å²) in [5.74, 6) is -9.47. The Labute approximate surface area is 174 Å². The van der Waals surface area contributed by atoms with E-state index in [4.69, 9.17) is 15.6 Å². The summed E-state index contributed by atoms with van der Waals surface area (Å²) in [5.41, 5.74) is 5.01. The normalized spacial score (nSPS) is 13.4. The van der Waals surface area contributed by atoms with E-state index >= 15 is 4.39 Å². The van der Waals surface area contributed by atoms with E-state index in [1.807, 2.05) is 0 Å². The van der Waals surface area contributed by atoms with Crippen LogP contribution in [0, 0.1) is 5.82 Å². The lowest BCUT2D eigenvalue weighted by Crippen LogP contribution is -2.41. The van der Waals surface area contributed by atoms with Crippen LogP contribution in [0.15, 0.2) is 6.07 Å². The van der Waals surface area contributed by atoms with Crippen molar-refractivity contribution in [1.82, 2.24) is 4.90 Å². The molecule has 0 aliphatic carbocycles. The maximum Gasteiger partial charge on any atom is 0.321 e. The molecule has 158 valence electrons. The topological polar surface area (TPSA) is 164 Å². The number of hydrogen-bond donors (Lipinski definition) is 3. The van der Waals surface area contributed by atoms with Crippen LogP contribution < -0.4 is 14.9 Å². The summed E-state index contributed by atoms with van der Waals surface area (Å²) in [5, 5.41) is 18.0. The van der Waals surface area contributed by atoms with Crippen molar-refractivity contribution in [2.45, 2.75) is 12.0 Å². The van der Waals surface area contributed by atoms with E-state index in [2.05, 4.69) is 16.3 Å². The molecular weight excluding hydrogens is 426 g/mol. The molecule has 0 fully saturated rings. The summed E-state index contributed by atoms with van der Waals surface area (Å²) < 4.78 is 44.5. The van der Waals surface area contributed by atoms with Crippen molar-refractivity contribution in [1.29, 1.82) is 0 Å². The first-order valence-electron chi connectivity index (χ1n) is 8.01. The lowest BCUT2D eigenvalue weighted by Gasteiger charge is -2.25. The Balaban J connectivity index is 3.69. The van der Waals surface area contributed by atoms with Crippen LogP contribution in [0.5, 0.6) is 5.75 Å². The molecule has 0 saturated carbocycles. The van der Waals surface area contributed by atoms with Gasteiger partial charge in [-0.05, 0) is 5.56 Å². The molecule has 2 atom stereocenters. The number of ether oxygens (including phenoxy) is 1. The number of aliphatic carboxylic acids is 2. The molecule has 13 heteroatoms. The van der Waals surface area contributed by atoms with Gasteiger partial charge in [-0.3, -0.25) is 14.4 Å². The third-order valence-corrected chi connectivity index (χ3v) is 6.01. The summed E-state index contributed by atoms with van der Waals surface area (Å²) in [7, 11) is -0.379. The number of sulfone groups is 1. The second kappa shape index (κ2) is 9.53. The lowest BCUT2D eigenvalue weighted by atomic mass is 9.91. The van der Waals surface area contributed by atoms with Gasteiger partial charge in [0.1, 0.15) is 11.8 Å². The van der Waals surface area contributed by atoms with Crippen molar-refractivity contribution in [3.8, 4) is 5.75 Å². The Kier molecular flexibility index (Phi) is 8.17.